The fourth-order valence-electron chi connectivity index (χ4n) is 6.82. The lowest BCUT2D eigenvalue weighted by Gasteiger charge is -2.27. The Kier molecular flexibility index (Phi) is 12.7. The van der Waals surface area contributed by atoms with Gasteiger partial charge in [0.05, 0.1) is 75.0 Å². The molecule has 2 aromatic carbocycles. The topological polar surface area (TPSA) is 170 Å². The Bertz CT molecular complexity index is 2240. The molecule has 2 unspecified atom stereocenters. The van der Waals surface area contributed by atoms with Crippen molar-refractivity contribution < 1.29 is 52.0 Å². The van der Waals surface area contributed by atoms with E-state index in [1.165, 1.54) is 19.1 Å². The molecular weight excluding hydrogens is 741 g/mol. The normalized spacial score (nSPS) is 16.0. The number of nitrogens with zero attached hydrogens (tertiary/aromatic N) is 4. The summed E-state index contributed by atoms with van der Waals surface area (Å²) in [6, 6.07) is 15.0. The number of pyridine rings is 2. The minimum atomic E-state index is -1.19. The second kappa shape index (κ2) is 18.4. The molecule has 15 nitrogen and oxygen atoms in total. The lowest BCUT2D eigenvalue weighted by Crippen LogP contribution is -2.54. The standard InChI is InChI=1S/C41H42FN5O10/c1-26(42)46-34-10-11-43-25-33(34)30-5-2-27(22-36(30)46)28-3-9-38(44-24-28)57-21-19-55-17-15-53-13-12-52-14-16-54-18-20-56-29-4-6-31-32(23-29)41(51)47(40(31)50)35-7-8-37(48)45-39(35)49/h2-6,9-11,22-26,35H,7-8,12-21H2,1H3,(H,45,48,49). The largest absolute Gasteiger partial charge is 0.491 e. The molecule has 2 aliphatic rings. The molecule has 3 aromatic heterocycles. The second-order valence-electron chi connectivity index (χ2n) is 13.3. The van der Waals surface area contributed by atoms with Gasteiger partial charge in [0.25, 0.3) is 11.8 Å². The summed E-state index contributed by atoms with van der Waals surface area (Å²) in [5, 5.41) is 4.04. The fraction of sp³-hybridized carbons (Fsp3) is 0.366. The van der Waals surface area contributed by atoms with Gasteiger partial charge < -0.3 is 33.0 Å². The van der Waals surface area contributed by atoms with Gasteiger partial charge in [-0.15, -0.1) is 0 Å². The number of amides is 4. The van der Waals surface area contributed by atoms with E-state index < -0.39 is 36.0 Å². The maximum Gasteiger partial charge on any atom is 0.262 e. The number of imide groups is 2. The molecule has 0 aliphatic carbocycles. The Morgan fingerprint density at radius 2 is 1.39 bits per heavy atom. The van der Waals surface area contributed by atoms with Crippen LogP contribution in [0.15, 0.2) is 73.2 Å². The van der Waals surface area contributed by atoms with Crippen LogP contribution in [0.25, 0.3) is 32.9 Å². The average Bonchev–Trinajstić information content (AvgIpc) is 3.67. The predicted octanol–water partition coefficient (Wildman–Crippen LogP) is 4.66. The predicted molar refractivity (Wildman–Crippen MR) is 204 cm³/mol. The second-order valence-corrected chi connectivity index (χ2v) is 13.3. The van der Waals surface area contributed by atoms with Gasteiger partial charge in [0.15, 0.2) is 6.30 Å². The van der Waals surface area contributed by atoms with E-state index >= 15 is 0 Å². The lowest BCUT2D eigenvalue weighted by atomic mass is 10.0. The van der Waals surface area contributed by atoms with Gasteiger partial charge in [0.1, 0.15) is 25.0 Å². The summed E-state index contributed by atoms with van der Waals surface area (Å²) < 4.78 is 49.9. The minimum absolute atomic E-state index is 0.0562. The first-order valence-electron chi connectivity index (χ1n) is 18.7. The molecule has 4 amide bonds. The zero-order valence-corrected chi connectivity index (χ0v) is 31.3. The van der Waals surface area contributed by atoms with E-state index in [0.717, 1.165) is 37.8 Å². The summed E-state index contributed by atoms with van der Waals surface area (Å²) in [5.74, 6) is -1.38. The van der Waals surface area contributed by atoms with Crippen LogP contribution in [0.4, 0.5) is 4.39 Å². The molecule has 7 rings (SSSR count). The summed E-state index contributed by atoms with van der Waals surface area (Å²) in [6.07, 6.45) is 4.12. The van der Waals surface area contributed by atoms with Crippen LogP contribution in [0.3, 0.4) is 0 Å². The Balaban J connectivity index is 0.704. The zero-order valence-electron chi connectivity index (χ0n) is 31.3. The molecule has 2 aliphatic heterocycles. The van der Waals surface area contributed by atoms with E-state index in [2.05, 4.69) is 15.3 Å². The van der Waals surface area contributed by atoms with Crippen molar-refractivity contribution in [1.29, 1.82) is 0 Å². The number of carbonyl (C=O) groups excluding carboxylic acids is 4. The number of halogens is 1. The van der Waals surface area contributed by atoms with Gasteiger partial charge in [-0.05, 0) is 55.3 Å². The molecule has 57 heavy (non-hydrogen) atoms. The highest BCUT2D eigenvalue weighted by Gasteiger charge is 2.44. The Morgan fingerprint density at radius 3 is 2.05 bits per heavy atom. The van der Waals surface area contributed by atoms with Crippen LogP contribution in [-0.4, -0.2) is 115 Å². The highest BCUT2D eigenvalue weighted by molar-refractivity contribution is 6.23. The van der Waals surface area contributed by atoms with Gasteiger partial charge >= 0.3 is 0 Å². The number of rotatable bonds is 20. The van der Waals surface area contributed by atoms with Gasteiger partial charge in [0.2, 0.25) is 17.7 Å². The van der Waals surface area contributed by atoms with Crippen molar-refractivity contribution in [3.8, 4) is 22.8 Å². The molecule has 2 atom stereocenters. The monoisotopic (exact) mass is 783 g/mol. The summed E-state index contributed by atoms with van der Waals surface area (Å²) in [7, 11) is 0. The quantitative estimate of drug-likeness (QED) is 0.0857. The number of alkyl halides is 1. The van der Waals surface area contributed by atoms with Gasteiger partial charge in [-0.1, -0.05) is 12.1 Å². The molecule has 1 N–H and O–H groups in total. The number of ether oxygens (including phenoxy) is 6. The molecule has 16 heteroatoms. The van der Waals surface area contributed by atoms with Crippen LogP contribution in [0.1, 0.15) is 46.8 Å². The van der Waals surface area contributed by atoms with Crippen molar-refractivity contribution in [3.05, 3.63) is 84.3 Å². The third-order valence-electron chi connectivity index (χ3n) is 9.53. The van der Waals surface area contributed by atoms with E-state index in [0.29, 0.717) is 64.5 Å². The van der Waals surface area contributed by atoms with Crippen molar-refractivity contribution in [2.45, 2.75) is 32.1 Å². The molecule has 1 fully saturated rings. The van der Waals surface area contributed by atoms with E-state index in [1.54, 1.807) is 35.3 Å². The van der Waals surface area contributed by atoms with Crippen molar-refractivity contribution in [2.75, 3.05) is 66.1 Å². The highest BCUT2D eigenvalue weighted by Crippen LogP contribution is 2.35. The number of nitrogens with one attached hydrogen (secondary N) is 1. The first-order valence-corrected chi connectivity index (χ1v) is 18.7. The lowest BCUT2D eigenvalue weighted by molar-refractivity contribution is -0.136. The van der Waals surface area contributed by atoms with Crippen LogP contribution >= 0.6 is 0 Å². The van der Waals surface area contributed by atoms with E-state index in [9.17, 15) is 23.6 Å². The summed E-state index contributed by atoms with van der Waals surface area (Å²) in [6.45, 7) is 5.03. The summed E-state index contributed by atoms with van der Waals surface area (Å²) in [5.41, 5.74) is 3.74. The molecule has 1 saturated heterocycles. The maximum atomic E-state index is 14.6. The third-order valence-corrected chi connectivity index (χ3v) is 9.53. The minimum Gasteiger partial charge on any atom is -0.491 e. The Hall–Kier alpha value is -5.81. The molecule has 0 spiro atoms. The van der Waals surface area contributed by atoms with Crippen molar-refractivity contribution in [3.63, 3.8) is 0 Å². The van der Waals surface area contributed by atoms with E-state index in [1.807, 2.05) is 30.3 Å². The van der Waals surface area contributed by atoms with E-state index in [-0.39, 0.29) is 37.2 Å². The molecule has 298 valence electrons. The first-order chi connectivity index (χ1) is 27.8. The smallest absolute Gasteiger partial charge is 0.262 e. The molecular formula is C41H42FN5O10. The molecule has 0 saturated carbocycles. The Morgan fingerprint density at radius 1 is 0.719 bits per heavy atom. The third kappa shape index (κ3) is 9.10. The number of piperidine rings is 1. The van der Waals surface area contributed by atoms with Crippen molar-refractivity contribution in [1.82, 2.24) is 24.8 Å². The van der Waals surface area contributed by atoms with Crippen LogP contribution in [-0.2, 0) is 28.5 Å². The molecule has 0 radical (unpaired) electrons. The van der Waals surface area contributed by atoms with Crippen LogP contribution in [0, 0.1) is 0 Å². The molecule has 5 aromatic rings. The fourth-order valence-corrected chi connectivity index (χ4v) is 6.82. The van der Waals surface area contributed by atoms with Crippen LogP contribution < -0.4 is 14.8 Å². The number of hydrogen-bond acceptors (Lipinski definition) is 12. The van der Waals surface area contributed by atoms with E-state index in [4.69, 9.17) is 28.4 Å². The highest BCUT2D eigenvalue weighted by atomic mass is 19.1. The van der Waals surface area contributed by atoms with Gasteiger partial charge in [-0.25, -0.2) is 9.37 Å². The van der Waals surface area contributed by atoms with Gasteiger partial charge in [-0.2, -0.15) is 0 Å². The average molecular weight is 784 g/mol. The van der Waals surface area contributed by atoms with Crippen molar-refractivity contribution in [2.24, 2.45) is 0 Å². The maximum absolute atomic E-state index is 14.6. The SMILES string of the molecule is CC(F)n1c2ccncc2c2ccc(-c3ccc(OCCOCCOCCOCCOCCOc4ccc5c(c4)C(=O)N(C4CCC(=O)NC4=O)C5=O)nc3)cc21. The summed E-state index contributed by atoms with van der Waals surface area (Å²) >= 11 is 0. The van der Waals surface area contributed by atoms with Gasteiger partial charge in [0, 0.05) is 47.4 Å². The molecule has 0 bridgehead atoms. The first kappa shape index (κ1) is 39.4. The number of aromatic nitrogens is 3. The number of benzene rings is 2. The van der Waals surface area contributed by atoms with Gasteiger partial charge in [-0.3, -0.25) is 34.4 Å². The van der Waals surface area contributed by atoms with Crippen LogP contribution in [0.5, 0.6) is 11.6 Å². The summed E-state index contributed by atoms with van der Waals surface area (Å²) in [4.78, 5) is 59.0. The number of fused-ring (bicyclic) bond motifs is 4. The number of hydrogen-bond donors (Lipinski definition) is 1. The molecule has 5 heterocycles. The number of carbonyl (C=O) groups is 4. The van der Waals surface area contributed by atoms with Crippen LogP contribution in [0.2, 0.25) is 0 Å². The zero-order chi connectivity index (χ0) is 39.7. The Labute approximate surface area is 326 Å². The van der Waals surface area contributed by atoms with Crippen molar-refractivity contribution >= 4 is 45.4 Å².